The van der Waals surface area contributed by atoms with Crippen LogP contribution in [0.5, 0.6) is 0 Å². The summed E-state index contributed by atoms with van der Waals surface area (Å²) >= 11 is 0. The number of hydrogen-bond donors (Lipinski definition) is 1. The number of Topliss-reactive ketones (excluding diaryl/α,β-unsaturated/α-hetero) is 1. The normalized spacial score (nSPS) is 40.1. The molecule has 4 fully saturated rings. The minimum absolute atomic E-state index is 0.0192. The molecule has 0 amide bonds. The SMILES string of the molecule is C[C@]12CC/C(=N/OCCn3cc(CCN)nn3)CC1CCC1C2CC[C@]2(C)C(=O)CCC12. The molecule has 5 rings (SSSR count). The van der Waals surface area contributed by atoms with Crippen molar-refractivity contribution in [3.63, 3.8) is 0 Å². The van der Waals surface area contributed by atoms with E-state index in [9.17, 15) is 4.79 Å². The molecule has 7 heteroatoms. The lowest BCUT2D eigenvalue weighted by molar-refractivity contribution is -0.137. The lowest BCUT2D eigenvalue weighted by Crippen LogP contribution is -2.53. The van der Waals surface area contributed by atoms with Gasteiger partial charge < -0.3 is 10.6 Å². The van der Waals surface area contributed by atoms with E-state index in [2.05, 4.69) is 29.3 Å². The molecule has 0 saturated heterocycles. The Bertz CT molecular complexity index is 881. The highest BCUT2D eigenvalue weighted by atomic mass is 16.6. The fraction of sp³-hybridized carbons (Fsp3) is 0.840. The van der Waals surface area contributed by atoms with Crippen molar-refractivity contribution >= 4 is 11.5 Å². The topological polar surface area (TPSA) is 95.4 Å². The van der Waals surface area contributed by atoms with Gasteiger partial charge in [0.1, 0.15) is 12.4 Å². The van der Waals surface area contributed by atoms with Gasteiger partial charge in [-0.1, -0.05) is 24.2 Å². The fourth-order valence-corrected chi connectivity index (χ4v) is 7.90. The minimum Gasteiger partial charge on any atom is -0.394 e. The summed E-state index contributed by atoms with van der Waals surface area (Å²) in [5.41, 5.74) is 8.09. The lowest BCUT2D eigenvalue weighted by Gasteiger charge is -2.59. The fourth-order valence-electron chi connectivity index (χ4n) is 7.90. The molecule has 2 N–H and O–H groups in total. The molecule has 0 radical (unpaired) electrons. The first-order valence-corrected chi connectivity index (χ1v) is 12.7. The van der Waals surface area contributed by atoms with Crippen molar-refractivity contribution in [1.82, 2.24) is 15.0 Å². The summed E-state index contributed by atoms with van der Waals surface area (Å²) in [7, 11) is 0. The second-order valence-corrected chi connectivity index (χ2v) is 11.3. The van der Waals surface area contributed by atoms with Gasteiger partial charge in [0.15, 0.2) is 0 Å². The minimum atomic E-state index is -0.0192. The number of carbonyl (C=O) groups is 1. The van der Waals surface area contributed by atoms with Crippen molar-refractivity contribution in [2.75, 3.05) is 13.2 Å². The van der Waals surface area contributed by atoms with Gasteiger partial charge in [-0.15, -0.1) is 5.10 Å². The molecule has 7 nitrogen and oxygen atoms in total. The number of rotatable bonds is 6. The summed E-state index contributed by atoms with van der Waals surface area (Å²) in [6.07, 6.45) is 12.9. The molecular formula is C25H39N5O2. The van der Waals surface area contributed by atoms with E-state index in [4.69, 9.17) is 10.6 Å². The van der Waals surface area contributed by atoms with E-state index < -0.39 is 0 Å². The molecule has 1 heterocycles. The number of carbonyl (C=O) groups excluding carboxylic acids is 1. The maximum Gasteiger partial charge on any atom is 0.139 e. The molecule has 0 bridgehead atoms. The zero-order valence-corrected chi connectivity index (χ0v) is 19.8. The standard InChI is InChI=1S/C25H39N5O2/c1-24-10-7-18(28-32-14-13-30-16-19(9-12-26)27-29-30)15-17(24)3-4-20-21-5-6-23(31)25(21,2)11-8-22(20)24/h16-17,20-22H,3-15,26H2,1-2H3/b28-18-/t17?,20?,21?,22?,24-,25-/m0/s1. The third kappa shape index (κ3) is 3.70. The second-order valence-electron chi connectivity index (χ2n) is 11.3. The number of hydrogen-bond acceptors (Lipinski definition) is 6. The molecule has 1 aromatic heterocycles. The lowest BCUT2D eigenvalue weighted by atomic mass is 9.45. The quantitative estimate of drug-likeness (QED) is 0.536. The van der Waals surface area contributed by atoms with Crippen LogP contribution in [0.2, 0.25) is 0 Å². The van der Waals surface area contributed by atoms with Crippen LogP contribution in [0.3, 0.4) is 0 Å². The first-order valence-electron chi connectivity index (χ1n) is 12.7. The Labute approximate surface area is 191 Å². The van der Waals surface area contributed by atoms with Gasteiger partial charge in [-0.25, -0.2) is 4.68 Å². The summed E-state index contributed by atoms with van der Waals surface area (Å²) in [6.45, 7) is 6.57. The van der Waals surface area contributed by atoms with Crippen molar-refractivity contribution in [1.29, 1.82) is 0 Å². The van der Waals surface area contributed by atoms with E-state index in [1.807, 2.05) is 6.20 Å². The molecule has 6 atom stereocenters. The average Bonchev–Trinajstić information content (AvgIpc) is 3.35. The number of aromatic nitrogens is 3. The van der Waals surface area contributed by atoms with E-state index in [0.29, 0.717) is 42.7 Å². The van der Waals surface area contributed by atoms with Gasteiger partial charge in [0, 0.05) is 24.5 Å². The number of nitrogens with two attached hydrogens (primary N) is 1. The first kappa shape index (κ1) is 22.1. The van der Waals surface area contributed by atoms with Crippen LogP contribution in [0, 0.1) is 34.5 Å². The molecule has 32 heavy (non-hydrogen) atoms. The molecular weight excluding hydrogens is 402 g/mol. The second kappa shape index (κ2) is 8.54. The van der Waals surface area contributed by atoms with Crippen molar-refractivity contribution < 1.29 is 9.63 Å². The predicted octanol–water partition coefficient (Wildman–Crippen LogP) is 3.76. The van der Waals surface area contributed by atoms with Crippen LogP contribution >= 0.6 is 0 Å². The Kier molecular flexibility index (Phi) is 5.89. The van der Waals surface area contributed by atoms with Gasteiger partial charge in [-0.2, -0.15) is 0 Å². The van der Waals surface area contributed by atoms with Crippen LogP contribution < -0.4 is 5.73 Å². The maximum atomic E-state index is 12.6. The van der Waals surface area contributed by atoms with Gasteiger partial charge in [0.25, 0.3) is 0 Å². The molecule has 0 spiro atoms. The first-order chi connectivity index (χ1) is 15.4. The summed E-state index contributed by atoms with van der Waals surface area (Å²) in [5, 5.41) is 12.8. The zero-order valence-electron chi connectivity index (χ0n) is 19.8. The third-order valence-electron chi connectivity index (χ3n) is 9.80. The monoisotopic (exact) mass is 441 g/mol. The summed E-state index contributed by atoms with van der Waals surface area (Å²) in [4.78, 5) is 18.3. The highest BCUT2D eigenvalue weighted by Crippen LogP contribution is 2.65. The number of ketones is 1. The largest absolute Gasteiger partial charge is 0.394 e. The molecule has 0 aliphatic heterocycles. The number of oxime groups is 1. The van der Waals surface area contributed by atoms with Crippen molar-refractivity contribution in [3.05, 3.63) is 11.9 Å². The van der Waals surface area contributed by atoms with Gasteiger partial charge in [-0.05, 0) is 87.0 Å². The van der Waals surface area contributed by atoms with Crippen LogP contribution in [0.25, 0.3) is 0 Å². The number of fused-ring (bicyclic) bond motifs is 5. The van der Waals surface area contributed by atoms with Crippen LogP contribution in [-0.4, -0.2) is 39.6 Å². The molecule has 176 valence electrons. The van der Waals surface area contributed by atoms with E-state index in [0.717, 1.165) is 56.1 Å². The van der Waals surface area contributed by atoms with E-state index >= 15 is 0 Å². The Morgan fingerprint density at radius 1 is 1.19 bits per heavy atom. The summed E-state index contributed by atoms with van der Waals surface area (Å²) < 4.78 is 1.80. The Morgan fingerprint density at radius 2 is 2.06 bits per heavy atom. The Balaban J connectivity index is 1.17. The maximum absolute atomic E-state index is 12.6. The van der Waals surface area contributed by atoms with Crippen LogP contribution in [0.15, 0.2) is 11.4 Å². The smallest absolute Gasteiger partial charge is 0.139 e. The average molecular weight is 442 g/mol. The van der Waals surface area contributed by atoms with E-state index in [1.165, 1.54) is 31.4 Å². The predicted molar refractivity (Wildman–Crippen MR) is 123 cm³/mol. The van der Waals surface area contributed by atoms with Gasteiger partial charge >= 0.3 is 0 Å². The molecule has 4 unspecified atom stereocenters. The molecule has 1 aromatic rings. The highest BCUT2D eigenvalue weighted by molar-refractivity contribution is 5.87. The summed E-state index contributed by atoms with van der Waals surface area (Å²) in [6, 6.07) is 0. The van der Waals surface area contributed by atoms with Crippen LogP contribution in [0.1, 0.15) is 77.3 Å². The molecule has 4 aliphatic carbocycles. The van der Waals surface area contributed by atoms with Gasteiger partial charge in [0.05, 0.1) is 18.0 Å². The van der Waals surface area contributed by atoms with Crippen molar-refractivity contribution in [2.45, 2.75) is 84.6 Å². The molecule has 0 aromatic carbocycles. The summed E-state index contributed by atoms with van der Waals surface area (Å²) in [5.74, 6) is 3.42. The van der Waals surface area contributed by atoms with Crippen LogP contribution in [-0.2, 0) is 22.6 Å². The van der Waals surface area contributed by atoms with E-state index in [-0.39, 0.29) is 5.41 Å². The van der Waals surface area contributed by atoms with E-state index in [1.54, 1.807) is 4.68 Å². The number of nitrogens with zero attached hydrogens (tertiary/aromatic N) is 4. The third-order valence-corrected chi connectivity index (χ3v) is 9.80. The Hall–Kier alpha value is -1.76. The van der Waals surface area contributed by atoms with Gasteiger partial charge in [0.2, 0.25) is 0 Å². The molecule has 4 saturated carbocycles. The molecule has 4 aliphatic rings. The Morgan fingerprint density at radius 3 is 2.91 bits per heavy atom. The van der Waals surface area contributed by atoms with Gasteiger partial charge in [-0.3, -0.25) is 4.79 Å². The van der Waals surface area contributed by atoms with Crippen molar-refractivity contribution in [2.24, 2.45) is 45.4 Å². The highest BCUT2D eigenvalue weighted by Gasteiger charge is 2.60. The van der Waals surface area contributed by atoms with Crippen LogP contribution in [0.4, 0.5) is 0 Å². The zero-order chi connectivity index (χ0) is 22.3. The van der Waals surface area contributed by atoms with Crippen molar-refractivity contribution in [3.8, 4) is 0 Å².